The zero-order chi connectivity index (χ0) is 28.4. The number of carbonyl (C=O) groups is 1. The van der Waals surface area contributed by atoms with Crippen LogP contribution in [0.3, 0.4) is 0 Å². The molecule has 0 spiro atoms. The van der Waals surface area contributed by atoms with Crippen LogP contribution >= 0.6 is 0 Å². The molecule has 0 aliphatic rings. The molecule has 0 aliphatic carbocycles. The number of carbonyl (C=O) groups excluding carboxylic acids is 1. The first-order valence-electron chi connectivity index (χ1n) is 13.0. The van der Waals surface area contributed by atoms with Crippen molar-refractivity contribution in [3.63, 3.8) is 0 Å². The number of anilines is 1. The van der Waals surface area contributed by atoms with Crippen LogP contribution in [0.1, 0.15) is 29.2 Å². The van der Waals surface area contributed by atoms with E-state index in [0.29, 0.717) is 37.4 Å². The lowest BCUT2D eigenvalue weighted by Gasteiger charge is -2.28. The summed E-state index contributed by atoms with van der Waals surface area (Å²) in [5, 5.41) is 10.3. The van der Waals surface area contributed by atoms with Crippen LogP contribution in [0, 0.1) is 0 Å². The van der Waals surface area contributed by atoms with E-state index in [1.807, 2.05) is 89.8 Å². The molecule has 4 aromatic rings. The molecule has 0 atom stereocenters. The summed E-state index contributed by atoms with van der Waals surface area (Å²) >= 11 is 0. The van der Waals surface area contributed by atoms with Crippen molar-refractivity contribution in [2.24, 2.45) is 0 Å². The van der Waals surface area contributed by atoms with Crippen LogP contribution in [-0.4, -0.2) is 32.5 Å². The van der Waals surface area contributed by atoms with E-state index in [9.17, 15) is 18.3 Å². The number of rotatable bonds is 14. The van der Waals surface area contributed by atoms with Crippen molar-refractivity contribution in [1.82, 2.24) is 0 Å². The van der Waals surface area contributed by atoms with Gasteiger partial charge in [-0.1, -0.05) is 78.9 Å². The number of hydrogen-bond acceptors (Lipinski definition) is 7. The summed E-state index contributed by atoms with van der Waals surface area (Å²) in [7, 11) is -4.01. The quantitative estimate of drug-likeness (QED) is 0.199. The highest BCUT2D eigenvalue weighted by Crippen LogP contribution is 2.29. The molecule has 4 aromatic carbocycles. The van der Waals surface area contributed by atoms with Gasteiger partial charge >= 0.3 is 0 Å². The van der Waals surface area contributed by atoms with Gasteiger partial charge in [0.15, 0.2) is 5.78 Å². The molecule has 0 saturated carbocycles. The molecule has 0 aromatic heterocycles. The van der Waals surface area contributed by atoms with Crippen molar-refractivity contribution in [2.75, 3.05) is 18.1 Å². The van der Waals surface area contributed by atoms with E-state index in [4.69, 9.17) is 8.92 Å². The zero-order valence-electron chi connectivity index (χ0n) is 22.4. The van der Waals surface area contributed by atoms with Crippen LogP contribution in [0.4, 0.5) is 5.69 Å². The SMILES string of the molecule is CC(=O)COS(=O)(=O)Cc1ccc(O)cc1N(CCc1ccc(OCc2ccccc2)cc1)Cc1ccccc1. The Morgan fingerprint density at radius 3 is 2.12 bits per heavy atom. The highest BCUT2D eigenvalue weighted by molar-refractivity contribution is 7.85. The Bertz CT molecular complexity index is 1490. The molecule has 0 heterocycles. The first-order valence-corrected chi connectivity index (χ1v) is 14.6. The van der Waals surface area contributed by atoms with E-state index in [2.05, 4.69) is 0 Å². The Kier molecular flexibility index (Phi) is 9.94. The first kappa shape index (κ1) is 28.9. The van der Waals surface area contributed by atoms with E-state index in [0.717, 1.165) is 22.4 Å². The molecule has 0 saturated heterocycles. The number of benzene rings is 4. The van der Waals surface area contributed by atoms with Gasteiger partial charge in [0.2, 0.25) is 0 Å². The zero-order valence-corrected chi connectivity index (χ0v) is 23.2. The van der Waals surface area contributed by atoms with Crippen LogP contribution in [0.2, 0.25) is 0 Å². The number of Topliss-reactive ketones (excluding diaryl/α,β-unsaturated/α-hetero) is 1. The van der Waals surface area contributed by atoms with Crippen molar-refractivity contribution >= 4 is 21.6 Å². The summed E-state index contributed by atoms with van der Waals surface area (Å²) in [4.78, 5) is 13.3. The smallest absolute Gasteiger partial charge is 0.272 e. The van der Waals surface area contributed by atoms with E-state index < -0.39 is 22.5 Å². The van der Waals surface area contributed by atoms with Crippen molar-refractivity contribution in [3.05, 3.63) is 125 Å². The molecule has 0 bridgehead atoms. The lowest BCUT2D eigenvalue weighted by molar-refractivity contribution is -0.118. The standard InChI is InChI=1S/C32H33NO6S/c1-25(34)22-39-40(36,37)24-29-14-15-30(35)20-32(29)33(21-27-8-4-2-5-9-27)19-18-26-12-16-31(17-13-26)38-23-28-10-6-3-7-11-28/h2-17,20,35H,18-19,21-24H2,1H3. The Hall–Kier alpha value is -4.14. The molecule has 208 valence electrons. The van der Waals surface area contributed by atoms with Crippen molar-refractivity contribution < 1.29 is 27.2 Å². The minimum atomic E-state index is -4.01. The number of hydrogen-bond donors (Lipinski definition) is 1. The maximum Gasteiger partial charge on any atom is 0.272 e. The van der Waals surface area contributed by atoms with Crippen molar-refractivity contribution in [1.29, 1.82) is 0 Å². The van der Waals surface area contributed by atoms with E-state index in [1.165, 1.54) is 13.0 Å². The Morgan fingerprint density at radius 2 is 1.48 bits per heavy atom. The van der Waals surface area contributed by atoms with Gasteiger partial charge in [0.05, 0.1) is 0 Å². The average molecular weight is 560 g/mol. The van der Waals surface area contributed by atoms with E-state index in [-0.39, 0.29) is 11.5 Å². The molecule has 7 nitrogen and oxygen atoms in total. The molecule has 0 fully saturated rings. The Balaban J connectivity index is 1.51. The second-order valence-corrected chi connectivity index (χ2v) is 11.2. The number of ketones is 1. The lowest BCUT2D eigenvalue weighted by atomic mass is 10.1. The number of ether oxygens (including phenoxy) is 1. The molecule has 0 amide bonds. The molecular weight excluding hydrogens is 526 g/mol. The molecular formula is C32H33NO6S. The van der Waals surface area contributed by atoms with Gasteiger partial charge in [-0.3, -0.25) is 8.98 Å². The third kappa shape index (κ3) is 8.97. The molecule has 0 radical (unpaired) electrons. The second-order valence-electron chi connectivity index (χ2n) is 9.55. The van der Waals surface area contributed by atoms with Crippen LogP contribution in [0.5, 0.6) is 11.5 Å². The fraction of sp³-hybridized carbons (Fsp3) is 0.219. The van der Waals surface area contributed by atoms with Gasteiger partial charge in [-0.2, -0.15) is 8.42 Å². The number of phenolic OH excluding ortho intramolecular Hbond substituents is 1. The first-order chi connectivity index (χ1) is 19.3. The summed E-state index contributed by atoms with van der Waals surface area (Å²) in [6, 6.07) is 32.3. The van der Waals surface area contributed by atoms with Crippen LogP contribution < -0.4 is 9.64 Å². The molecule has 8 heteroatoms. The van der Waals surface area contributed by atoms with Gasteiger partial charge < -0.3 is 14.7 Å². The van der Waals surface area contributed by atoms with E-state index in [1.54, 1.807) is 12.1 Å². The fourth-order valence-corrected chi connectivity index (χ4v) is 5.27. The maximum atomic E-state index is 12.6. The molecule has 0 aliphatic heterocycles. The highest BCUT2D eigenvalue weighted by atomic mass is 32.2. The normalized spacial score (nSPS) is 11.2. The lowest BCUT2D eigenvalue weighted by Crippen LogP contribution is -2.27. The summed E-state index contributed by atoms with van der Waals surface area (Å²) in [6.45, 7) is 2.32. The Labute approximate surface area is 235 Å². The van der Waals surface area contributed by atoms with Crippen LogP contribution in [0.25, 0.3) is 0 Å². The number of nitrogens with zero attached hydrogens (tertiary/aromatic N) is 1. The minimum absolute atomic E-state index is 0.0266. The summed E-state index contributed by atoms with van der Waals surface area (Å²) in [5.41, 5.74) is 4.28. The van der Waals surface area contributed by atoms with Gasteiger partial charge in [-0.25, -0.2) is 0 Å². The van der Waals surface area contributed by atoms with E-state index >= 15 is 0 Å². The molecule has 40 heavy (non-hydrogen) atoms. The molecule has 4 rings (SSSR count). The van der Waals surface area contributed by atoms with Gasteiger partial charge in [-0.15, -0.1) is 0 Å². The van der Waals surface area contributed by atoms with Gasteiger partial charge in [0.25, 0.3) is 10.1 Å². The topological polar surface area (TPSA) is 93.1 Å². The van der Waals surface area contributed by atoms with Crippen molar-refractivity contribution in [3.8, 4) is 11.5 Å². The Morgan fingerprint density at radius 1 is 0.825 bits per heavy atom. The number of aromatic hydroxyl groups is 1. The average Bonchev–Trinajstić information content (AvgIpc) is 2.96. The second kappa shape index (κ2) is 13.8. The van der Waals surface area contributed by atoms with Gasteiger partial charge in [0, 0.05) is 24.8 Å². The predicted molar refractivity (Wildman–Crippen MR) is 156 cm³/mol. The third-order valence-corrected chi connectivity index (χ3v) is 7.38. The largest absolute Gasteiger partial charge is 0.508 e. The molecule has 1 N–H and O–H groups in total. The third-order valence-electron chi connectivity index (χ3n) is 6.24. The van der Waals surface area contributed by atoms with Crippen molar-refractivity contribution in [2.45, 2.75) is 32.2 Å². The highest BCUT2D eigenvalue weighted by Gasteiger charge is 2.20. The molecule has 0 unspecified atom stereocenters. The van der Waals surface area contributed by atoms with Crippen LogP contribution in [-0.2, 0) is 44.4 Å². The predicted octanol–water partition coefficient (Wildman–Crippen LogP) is 5.66. The minimum Gasteiger partial charge on any atom is -0.508 e. The fourth-order valence-electron chi connectivity index (χ4n) is 4.22. The van der Waals surface area contributed by atoms with Gasteiger partial charge in [-0.05, 0) is 53.8 Å². The summed E-state index contributed by atoms with van der Waals surface area (Å²) in [5.74, 6) is 0.00417. The van der Waals surface area contributed by atoms with Crippen LogP contribution in [0.15, 0.2) is 103 Å². The monoisotopic (exact) mass is 559 g/mol. The summed E-state index contributed by atoms with van der Waals surface area (Å²) in [6.07, 6.45) is 0.675. The number of phenols is 1. The maximum absolute atomic E-state index is 12.6. The summed E-state index contributed by atoms with van der Waals surface area (Å²) < 4.78 is 36.0. The van der Waals surface area contributed by atoms with Gasteiger partial charge in [0.1, 0.15) is 30.5 Å².